The molecule has 112 valence electrons. The van der Waals surface area contributed by atoms with Gasteiger partial charge in [-0.25, -0.2) is 8.78 Å². The molecule has 0 aliphatic heterocycles. The Balaban J connectivity index is 1.74. The van der Waals surface area contributed by atoms with E-state index in [9.17, 15) is 13.6 Å². The normalized spacial score (nSPS) is 10.6. The number of rotatable bonds is 4. The van der Waals surface area contributed by atoms with Crippen molar-refractivity contribution in [3.05, 3.63) is 64.7 Å². The molecule has 3 rings (SSSR count). The van der Waals surface area contributed by atoms with Gasteiger partial charge in [-0.1, -0.05) is 6.07 Å². The van der Waals surface area contributed by atoms with E-state index >= 15 is 0 Å². The molecule has 2 N–H and O–H groups in total. The number of hydrogen-bond acceptors (Lipinski definition) is 3. The highest BCUT2D eigenvalue weighted by atomic mass is 32.1. The van der Waals surface area contributed by atoms with Crippen molar-refractivity contribution in [2.24, 2.45) is 0 Å². The number of aromatic nitrogens is 2. The van der Waals surface area contributed by atoms with Crippen LogP contribution >= 0.6 is 11.3 Å². The van der Waals surface area contributed by atoms with Crippen LogP contribution in [0.3, 0.4) is 0 Å². The number of H-pyrrole nitrogens is 1. The summed E-state index contributed by atoms with van der Waals surface area (Å²) >= 11 is 1.48. The lowest BCUT2D eigenvalue weighted by molar-refractivity contribution is 0.0951. The van der Waals surface area contributed by atoms with Crippen molar-refractivity contribution in [3.8, 4) is 10.6 Å². The van der Waals surface area contributed by atoms with E-state index in [1.54, 1.807) is 0 Å². The highest BCUT2D eigenvalue weighted by Gasteiger charge is 2.15. The molecule has 2 heterocycles. The maximum Gasteiger partial charge on any atom is 0.255 e. The summed E-state index contributed by atoms with van der Waals surface area (Å²) in [5, 5.41) is 11.2. The Hall–Kier alpha value is -2.54. The predicted octanol–water partition coefficient (Wildman–Crippen LogP) is 3.35. The molecule has 22 heavy (non-hydrogen) atoms. The zero-order valence-electron chi connectivity index (χ0n) is 11.3. The van der Waals surface area contributed by atoms with Gasteiger partial charge >= 0.3 is 0 Å². The first-order valence-electron chi connectivity index (χ1n) is 6.44. The summed E-state index contributed by atoms with van der Waals surface area (Å²) < 4.78 is 26.2. The van der Waals surface area contributed by atoms with Crippen LogP contribution < -0.4 is 5.32 Å². The fourth-order valence-corrected chi connectivity index (χ4v) is 2.79. The molecule has 4 nitrogen and oxygen atoms in total. The minimum Gasteiger partial charge on any atom is -0.348 e. The molecule has 2 aromatic heterocycles. The maximum absolute atomic E-state index is 13.1. The van der Waals surface area contributed by atoms with Gasteiger partial charge < -0.3 is 5.32 Å². The van der Waals surface area contributed by atoms with E-state index in [0.717, 1.165) is 10.9 Å². The maximum atomic E-state index is 13.1. The standard InChI is InChI=1S/C15H11F2N3OS/c16-10-4-9(5-11(17)6-10)7-18-15(21)12-8-19-20-14(12)13-2-1-3-22-13/h1-6,8H,7H2,(H,18,21)(H,19,20). The van der Waals surface area contributed by atoms with E-state index in [-0.39, 0.29) is 12.5 Å². The number of nitrogens with one attached hydrogen (secondary N) is 2. The fraction of sp³-hybridized carbons (Fsp3) is 0.0667. The topological polar surface area (TPSA) is 57.8 Å². The van der Waals surface area contributed by atoms with Crippen molar-refractivity contribution < 1.29 is 13.6 Å². The lowest BCUT2D eigenvalue weighted by atomic mass is 10.2. The van der Waals surface area contributed by atoms with E-state index in [0.29, 0.717) is 16.8 Å². The van der Waals surface area contributed by atoms with Gasteiger partial charge in [-0.05, 0) is 29.1 Å². The van der Waals surface area contributed by atoms with E-state index in [4.69, 9.17) is 0 Å². The summed E-state index contributed by atoms with van der Waals surface area (Å²) in [4.78, 5) is 13.1. The Bertz CT molecular complexity index is 779. The lowest BCUT2D eigenvalue weighted by Gasteiger charge is -2.06. The van der Waals surface area contributed by atoms with Crippen LogP contribution in [0.4, 0.5) is 8.78 Å². The van der Waals surface area contributed by atoms with Crippen LogP contribution in [0.15, 0.2) is 41.9 Å². The lowest BCUT2D eigenvalue weighted by Crippen LogP contribution is -2.23. The molecule has 7 heteroatoms. The van der Waals surface area contributed by atoms with Gasteiger partial charge in [0, 0.05) is 12.6 Å². The van der Waals surface area contributed by atoms with Crippen molar-refractivity contribution in [2.75, 3.05) is 0 Å². The number of aromatic amines is 1. The smallest absolute Gasteiger partial charge is 0.255 e. The first-order chi connectivity index (χ1) is 10.6. The number of hydrogen-bond donors (Lipinski definition) is 2. The summed E-state index contributed by atoms with van der Waals surface area (Å²) in [6.45, 7) is 0.0303. The third-order valence-corrected chi connectivity index (χ3v) is 3.91. The zero-order chi connectivity index (χ0) is 15.5. The highest BCUT2D eigenvalue weighted by Crippen LogP contribution is 2.25. The molecule has 1 amide bonds. The summed E-state index contributed by atoms with van der Waals surface area (Å²) in [5.41, 5.74) is 1.37. The molecule has 0 saturated heterocycles. The average Bonchev–Trinajstić information content (AvgIpc) is 3.13. The fourth-order valence-electron chi connectivity index (χ4n) is 2.06. The first kappa shape index (κ1) is 14.4. The Morgan fingerprint density at radius 1 is 1.27 bits per heavy atom. The molecule has 0 spiro atoms. The molecular weight excluding hydrogens is 308 g/mol. The Morgan fingerprint density at radius 2 is 2.05 bits per heavy atom. The quantitative estimate of drug-likeness (QED) is 0.775. The van der Waals surface area contributed by atoms with Crippen LogP contribution in [0.2, 0.25) is 0 Å². The molecule has 0 bridgehead atoms. The number of amides is 1. The minimum absolute atomic E-state index is 0.0303. The van der Waals surface area contributed by atoms with Gasteiger partial charge in [-0.15, -0.1) is 11.3 Å². The van der Waals surface area contributed by atoms with Crippen molar-refractivity contribution >= 4 is 17.2 Å². The summed E-state index contributed by atoms with van der Waals surface area (Å²) in [6.07, 6.45) is 1.43. The molecule has 0 atom stereocenters. The molecule has 0 radical (unpaired) electrons. The number of halogens is 2. The van der Waals surface area contributed by atoms with Crippen molar-refractivity contribution in [1.29, 1.82) is 0 Å². The number of benzene rings is 1. The number of nitrogens with zero attached hydrogens (tertiary/aromatic N) is 1. The van der Waals surface area contributed by atoms with Gasteiger partial charge in [0.15, 0.2) is 0 Å². The largest absolute Gasteiger partial charge is 0.348 e. The molecular formula is C15H11F2N3OS. The van der Waals surface area contributed by atoms with Gasteiger partial charge in [0.25, 0.3) is 5.91 Å². The van der Waals surface area contributed by atoms with Gasteiger partial charge in [-0.2, -0.15) is 5.10 Å². The van der Waals surface area contributed by atoms with Crippen molar-refractivity contribution in [3.63, 3.8) is 0 Å². The van der Waals surface area contributed by atoms with E-state index < -0.39 is 11.6 Å². The Kier molecular flexibility index (Phi) is 3.97. The molecule has 0 aliphatic carbocycles. The third-order valence-electron chi connectivity index (χ3n) is 3.03. The van der Waals surface area contributed by atoms with Crippen molar-refractivity contribution in [1.82, 2.24) is 15.5 Å². The van der Waals surface area contributed by atoms with Gasteiger partial charge in [0.1, 0.15) is 11.6 Å². The van der Waals surface area contributed by atoms with Crippen LogP contribution in [0.25, 0.3) is 10.6 Å². The number of carbonyl (C=O) groups is 1. The van der Waals surface area contributed by atoms with E-state index in [1.807, 2.05) is 17.5 Å². The summed E-state index contributed by atoms with van der Waals surface area (Å²) in [6, 6.07) is 6.89. The summed E-state index contributed by atoms with van der Waals surface area (Å²) in [7, 11) is 0. The van der Waals surface area contributed by atoms with E-state index in [1.165, 1.54) is 29.7 Å². The Labute approximate surface area is 128 Å². The summed E-state index contributed by atoms with van der Waals surface area (Å²) in [5.74, 6) is -1.71. The molecule has 0 unspecified atom stereocenters. The average molecular weight is 319 g/mol. The second kappa shape index (κ2) is 6.07. The number of carbonyl (C=O) groups excluding carboxylic acids is 1. The molecule has 0 aliphatic rings. The predicted molar refractivity (Wildman–Crippen MR) is 79.4 cm³/mol. The van der Waals surface area contributed by atoms with Gasteiger partial charge in [-0.3, -0.25) is 9.89 Å². The van der Waals surface area contributed by atoms with Crippen LogP contribution in [0, 0.1) is 11.6 Å². The molecule has 1 aromatic carbocycles. The number of thiophene rings is 1. The second-order valence-corrected chi connectivity index (χ2v) is 5.54. The molecule has 0 fully saturated rings. The van der Waals surface area contributed by atoms with Crippen molar-refractivity contribution in [2.45, 2.75) is 6.54 Å². The van der Waals surface area contributed by atoms with Crippen LogP contribution in [0.5, 0.6) is 0 Å². The van der Waals surface area contributed by atoms with Gasteiger partial charge in [0.05, 0.1) is 22.3 Å². The van der Waals surface area contributed by atoms with Crippen LogP contribution in [0.1, 0.15) is 15.9 Å². The zero-order valence-corrected chi connectivity index (χ0v) is 12.1. The molecule has 3 aromatic rings. The monoisotopic (exact) mass is 319 g/mol. The van der Waals surface area contributed by atoms with E-state index in [2.05, 4.69) is 15.5 Å². The third kappa shape index (κ3) is 3.04. The SMILES string of the molecule is O=C(NCc1cc(F)cc(F)c1)c1cn[nH]c1-c1cccs1. The molecule has 0 saturated carbocycles. The minimum atomic E-state index is -0.674. The highest BCUT2D eigenvalue weighted by molar-refractivity contribution is 7.13. The van der Waals surface area contributed by atoms with Crippen LogP contribution in [-0.4, -0.2) is 16.1 Å². The first-order valence-corrected chi connectivity index (χ1v) is 7.32. The van der Waals surface area contributed by atoms with Gasteiger partial charge in [0.2, 0.25) is 0 Å². The Morgan fingerprint density at radius 3 is 2.73 bits per heavy atom. The van der Waals surface area contributed by atoms with Crippen LogP contribution in [-0.2, 0) is 6.54 Å². The second-order valence-electron chi connectivity index (χ2n) is 4.60.